The number of benzene rings is 2. The van der Waals surface area contributed by atoms with E-state index in [9.17, 15) is 26.7 Å². The highest BCUT2D eigenvalue weighted by atomic mass is 32.3. The first-order chi connectivity index (χ1) is 13.6. The summed E-state index contributed by atoms with van der Waals surface area (Å²) < 4.78 is 71.8. The van der Waals surface area contributed by atoms with Crippen molar-refractivity contribution in [3.63, 3.8) is 0 Å². The molecular weight excluding hydrogens is 443 g/mol. The predicted molar refractivity (Wildman–Crippen MR) is 109 cm³/mol. The van der Waals surface area contributed by atoms with Gasteiger partial charge in [-0.1, -0.05) is 30.0 Å². The van der Waals surface area contributed by atoms with Crippen LogP contribution in [-0.2, 0) is 14.4 Å². The van der Waals surface area contributed by atoms with Crippen LogP contribution in [0.1, 0.15) is 20.8 Å². The van der Waals surface area contributed by atoms with E-state index in [2.05, 4.69) is 4.18 Å². The van der Waals surface area contributed by atoms with Gasteiger partial charge in [0, 0.05) is 4.90 Å². The minimum absolute atomic E-state index is 0.0843. The molecule has 1 N–H and O–H groups in total. The summed E-state index contributed by atoms with van der Waals surface area (Å²) in [5.41, 5.74) is -5.69. The maximum absolute atomic E-state index is 13.2. The molecule has 0 bridgehead atoms. The van der Waals surface area contributed by atoms with E-state index in [4.69, 9.17) is 4.74 Å². The molecule has 6 nitrogen and oxygen atoms in total. The Bertz CT molecular complexity index is 1070. The topological polar surface area (TPSA) is 76.1 Å². The number of anilines is 2. The van der Waals surface area contributed by atoms with E-state index in [0.29, 0.717) is 10.6 Å². The lowest BCUT2D eigenvalue weighted by molar-refractivity contribution is -0.0621. The molecular formula is C19H20F3NO5S2. The molecule has 1 heterocycles. The molecule has 0 spiro atoms. The van der Waals surface area contributed by atoms with Crippen LogP contribution >= 0.6 is 11.8 Å². The van der Waals surface area contributed by atoms with Crippen LogP contribution in [0.15, 0.2) is 52.3 Å². The van der Waals surface area contributed by atoms with Crippen LogP contribution in [0.4, 0.5) is 29.3 Å². The molecule has 30 heavy (non-hydrogen) atoms. The summed E-state index contributed by atoms with van der Waals surface area (Å²) >= 11 is 1.02. The van der Waals surface area contributed by atoms with Crippen molar-refractivity contribution in [2.75, 3.05) is 11.2 Å². The van der Waals surface area contributed by atoms with Gasteiger partial charge in [0.15, 0.2) is 5.75 Å². The van der Waals surface area contributed by atoms with E-state index in [1.165, 1.54) is 17.0 Å². The van der Waals surface area contributed by atoms with Gasteiger partial charge in [-0.15, -0.1) is 0 Å². The lowest BCUT2D eigenvalue weighted by atomic mass is 10.2. The molecule has 0 saturated heterocycles. The van der Waals surface area contributed by atoms with E-state index in [1.54, 1.807) is 45.0 Å². The normalized spacial score (nSPS) is 15.5. The molecule has 0 aromatic heterocycles. The van der Waals surface area contributed by atoms with Crippen molar-refractivity contribution in [2.24, 2.45) is 0 Å². The standard InChI is InChI=1S/C19H20F3NO5S2/c1-18(2,3)27-17(24)23-12-8-5-6-11-15(12)29-16-13(23)9-7-10-14(16)28-30(4,25,26)19(20,21)22/h5-11H,1-4H3,(H,25,26). The summed E-state index contributed by atoms with van der Waals surface area (Å²) in [6.45, 7) is 5.05. The number of para-hydroxylation sites is 1. The SMILES string of the molecule is CC(C)(C)OC(=O)N1c2ccccc2Sc2c(OS(C)(=O)(O)C(F)(F)F)cccc21. The highest BCUT2D eigenvalue weighted by Gasteiger charge is 2.58. The van der Waals surface area contributed by atoms with Crippen LogP contribution in [-0.4, -0.2) is 32.2 Å². The minimum atomic E-state index is -6.48. The second-order valence-electron chi connectivity index (χ2n) is 7.71. The van der Waals surface area contributed by atoms with Crippen molar-refractivity contribution in [3.05, 3.63) is 42.5 Å². The highest BCUT2D eigenvalue weighted by molar-refractivity contribution is 8.11. The zero-order valence-electron chi connectivity index (χ0n) is 16.5. The fraction of sp³-hybridized carbons (Fsp3) is 0.316. The summed E-state index contributed by atoms with van der Waals surface area (Å²) in [5.74, 6) is -0.472. The Kier molecular flexibility index (Phi) is 5.16. The van der Waals surface area contributed by atoms with Crippen molar-refractivity contribution < 1.29 is 35.6 Å². The first-order valence-corrected chi connectivity index (χ1v) is 11.7. The molecule has 0 aliphatic carbocycles. The molecule has 0 saturated carbocycles. The third kappa shape index (κ3) is 4.14. The van der Waals surface area contributed by atoms with E-state index < -0.39 is 32.6 Å². The number of fused-ring (bicyclic) bond motifs is 2. The zero-order valence-corrected chi connectivity index (χ0v) is 18.2. The third-order valence-corrected chi connectivity index (χ3v) is 6.70. The number of ether oxygens (including phenoxy) is 1. The highest BCUT2D eigenvalue weighted by Crippen LogP contribution is 2.53. The quantitative estimate of drug-likeness (QED) is 0.592. The second kappa shape index (κ2) is 6.89. The van der Waals surface area contributed by atoms with Gasteiger partial charge in [-0.05, 0) is 45.0 Å². The molecule has 1 aliphatic heterocycles. The van der Waals surface area contributed by atoms with Gasteiger partial charge >= 0.3 is 11.6 Å². The summed E-state index contributed by atoms with van der Waals surface area (Å²) in [6, 6.07) is 10.7. The van der Waals surface area contributed by atoms with E-state index in [1.807, 2.05) is 0 Å². The first kappa shape index (κ1) is 22.4. The number of nitrogens with zero attached hydrogens (tertiary/aromatic N) is 1. The van der Waals surface area contributed by atoms with Gasteiger partial charge in [0.2, 0.25) is 9.63 Å². The van der Waals surface area contributed by atoms with Crippen LogP contribution in [0.3, 0.4) is 0 Å². The zero-order chi connectivity index (χ0) is 22.6. The molecule has 0 radical (unpaired) electrons. The number of carbonyl (C=O) groups is 1. The molecule has 0 atom stereocenters. The van der Waals surface area contributed by atoms with Gasteiger partial charge in [0.05, 0.1) is 22.5 Å². The van der Waals surface area contributed by atoms with Crippen molar-refractivity contribution in [1.82, 2.24) is 0 Å². The molecule has 3 rings (SSSR count). The summed E-state index contributed by atoms with van der Waals surface area (Å²) in [5, 5.41) is 0. The maximum atomic E-state index is 13.2. The predicted octanol–water partition coefficient (Wildman–Crippen LogP) is 5.96. The van der Waals surface area contributed by atoms with Gasteiger partial charge in [0.25, 0.3) is 0 Å². The smallest absolute Gasteiger partial charge is 0.443 e. The number of carbonyl (C=O) groups excluding carboxylic acids is 1. The van der Waals surface area contributed by atoms with Gasteiger partial charge < -0.3 is 8.92 Å². The monoisotopic (exact) mass is 463 g/mol. The third-order valence-electron chi connectivity index (χ3n) is 3.90. The number of amides is 1. The largest absolute Gasteiger partial charge is 0.503 e. The average Bonchev–Trinajstić information content (AvgIpc) is 2.56. The fourth-order valence-corrected chi connectivity index (χ4v) is 4.39. The van der Waals surface area contributed by atoms with Crippen LogP contribution < -0.4 is 9.08 Å². The molecule has 0 unspecified atom stereocenters. The Balaban J connectivity index is 2.15. The molecule has 1 aliphatic rings. The van der Waals surface area contributed by atoms with Crippen molar-refractivity contribution in [3.8, 4) is 5.75 Å². The summed E-state index contributed by atoms with van der Waals surface area (Å²) in [7, 11) is -6.48. The van der Waals surface area contributed by atoms with Gasteiger partial charge in [-0.3, -0.25) is 4.55 Å². The fourth-order valence-electron chi connectivity index (χ4n) is 2.58. The van der Waals surface area contributed by atoms with Crippen LogP contribution in [0.5, 0.6) is 5.75 Å². The minimum Gasteiger partial charge on any atom is -0.443 e. The summed E-state index contributed by atoms with van der Waals surface area (Å²) in [4.78, 5) is 14.8. The molecule has 0 fully saturated rings. The molecule has 2 aromatic carbocycles. The van der Waals surface area contributed by atoms with E-state index in [-0.39, 0.29) is 16.8 Å². The molecule has 1 amide bonds. The number of hydrogen-bond acceptors (Lipinski definition) is 5. The van der Waals surface area contributed by atoms with Gasteiger partial charge in [-0.2, -0.15) is 13.2 Å². The molecule has 11 heteroatoms. The van der Waals surface area contributed by atoms with Gasteiger partial charge in [-0.25, -0.2) is 13.9 Å². The van der Waals surface area contributed by atoms with Crippen LogP contribution in [0, 0.1) is 0 Å². The Hall–Kier alpha value is -2.24. The lowest BCUT2D eigenvalue weighted by Gasteiger charge is -2.37. The van der Waals surface area contributed by atoms with E-state index >= 15 is 0 Å². The van der Waals surface area contributed by atoms with Crippen molar-refractivity contribution in [2.45, 2.75) is 41.7 Å². The average molecular weight is 463 g/mol. The molecule has 164 valence electrons. The number of hydrogen-bond donors (Lipinski definition) is 1. The molecule has 2 aromatic rings. The second-order valence-corrected chi connectivity index (χ2v) is 11.8. The van der Waals surface area contributed by atoms with Gasteiger partial charge in [0.1, 0.15) is 5.60 Å². The Labute approximate surface area is 175 Å². The van der Waals surface area contributed by atoms with Crippen molar-refractivity contribution in [1.29, 1.82) is 0 Å². The number of alkyl halides is 3. The van der Waals surface area contributed by atoms with Crippen LogP contribution in [0.25, 0.3) is 0 Å². The number of halogens is 3. The van der Waals surface area contributed by atoms with E-state index in [0.717, 1.165) is 17.8 Å². The lowest BCUT2D eigenvalue weighted by Crippen LogP contribution is -2.50. The Morgan fingerprint density at radius 3 is 2.27 bits per heavy atom. The summed E-state index contributed by atoms with van der Waals surface area (Å²) in [6.07, 6.45) is -0.647. The number of rotatable bonds is 2. The van der Waals surface area contributed by atoms with Crippen molar-refractivity contribution >= 4 is 38.9 Å². The Morgan fingerprint density at radius 2 is 1.67 bits per heavy atom. The maximum Gasteiger partial charge on any atom is 0.503 e. The Morgan fingerprint density at radius 1 is 1.07 bits per heavy atom. The van der Waals surface area contributed by atoms with Crippen LogP contribution in [0.2, 0.25) is 0 Å². The first-order valence-electron chi connectivity index (χ1n) is 8.66.